The lowest BCUT2D eigenvalue weighted by Gasteiger charge is -2.12. The van der Waals surface area contributed by atoms with Crippen molar-refractivity contribution >= 4 is 23.4 Å². The highest BCUT2D eigenvalue weighted by molar-refractivity contribution is 7.99. The summed E-state index contributed by atoms with van der Waals surface area (Å²) in [6.07, 6.45) is 6.03. The Morgan fingerprint density at radius 3 is 2.52 bits per heavy atom. The molecule has 0 radical (unpaired) electrons. The van der Waals surface area contributed by atoms with Gasteiger partial charge in [-0.3, -0.25) is 4.79 Å². The van der Waals surface area contributed by atoms with Gasteiger partial charge in [-0.15, -0.1) is 0 Å². The number of thioether (sulfide) groups is 1. The molecule has 1 amide bonds. The maximum absolute atomic E-state index is 12.0. The second kappa shape index (κ2) is 8.08. The molecule has 5 nitrogen and oxygen atoms in total. The van der Waals surface area contributed by atoms with Crippen LogP contribution in [-0.2, 0) is 11.3 Å². The third-order valence-electron chi connectivity index (χ3n) is 3.88. The molecule has 2 aromatic rings. The second-order valence-corrected chi connectivity index (χ2v) is 6.64. The molecule has 1 aromatic carbocycles. The molecule has 0 atom stereocenters. The van der Waals surface area contributed by atoms with Crippen LogP contribution in [0.25, 0.3) is 0 Å². The van der Waals surface area contributed by atoms with Crippen LogP contribution < -0.4 is 10.2 Å². The predicted octanol–water partition coefficient (Wildman–Crippen LogP) is 1.39. The molecular formula is C17H21N4OS+. The number of benzene rings is 1. The minimum absolute atomic E-state index is 0.0413. The summed E-state index contributed by atoms with van der Waals surface area (Å²) in [4.78, 5) is 21.8. The standard InChI is InChI=1S/C17H20N4OS/c22-16(13-23-17-18-8-3-9-19-17)20-15-6-4-14(5-7-15)12-21-10-1-2-11-21/h3-9H,1-2,10-13H2,(H,20,22)/p+1. The van der Waals surface area contributed by atoms with Crippen LogP contribution >= 0.6 is 11.8 Å². The van der Waals surface area contributed by atoms with Gasteiger partial charge in [0.25, 0.3) is 0 Å². The van der Waals surface area contributed by atoms with Crippen molar-refractivity contribution in [2.75, 3.05) is 24.2 Å². The number of quaternary nitrogens is 1. The number of nitrogens with zero attached hydrogens (tertiary/aromatic N) is 2. The maximum Gasteiger partial charge on any atom is 0.234 e. The quantitative estimate of drug-likeness (QED) is 0.621. The van der Waals surface area contributed by atoms with Gasteiger partial charge in [-0.1, -0.05) is 23.9 Å². The molecule has 6 heteroatoms. The minimum Gasteiger partial charge on any atom is -0.331 e. The lowest BCUT2D eigenvalue weighted by Crippen LogP contribution is -3.08. The Morgan fingerprint density at radius 1 is 1.13 bits per heavy atom. The normalized spacial score (nSPS) is 14.8. The highest BCUT2D eigenvalue weighted by Crippen LogP contribution is 2.13. The number of likely N-dealkylation sites (tertiary alicyclic amines) is 1. The Balaban J connectivity index is 1.46. The molecule has 2 N–H and O–H groups in total. The summed E-state index contributed by atoms with van der Waals surface area (Å²) in [7, 11) is 0. The largest absolute Gasteiger partial charge is 0.331 e. The van der Waals surface area contributed by atoms with E-state index in [0.29, 0.717) is 10.9 Å². The number of hydrogen-bond acceptors (Lipinski definition) is 4. The molecule has 2 heterocycles. The van der Waals surface area contributed by atoms with Crippen molar-refractivity contribution in [1.29, 1.82) is 0 Å². The fraction of sp³-hybridized carbons (Fsp3) is 0.353. The number of amides is 1. The molecule has 0 saturated carbocycles. The van der Waals surface area contributed by atoms with Crippen LogP contribution in [0.3, 0.4) is 0 Å². The van der Waals surface area contributed by atoms with Gasteiger partial charge in [0.2, 0.25) is 5.91 Å². The zero-order chi connectivity index (χ0) is 15.9. The topological polar surface area (TPSA) is 59.3 Å². The average molecular weight is 329 g/mol. The van der Waals surface area contributed by atoms with Gasteiger partial charge in [0, 0.05) is 36.5 Å². The molecule has 1 fully saturated rings. The van der Waals surface area contributed by atoms with E-state index in [4.69, 9.17) is 0 Å². The van der Waals surface area contributed by atoms with Crippen molar-refractivity contribution in [2.24, 2.45) is 0 Å². The zero-order valence-corrected chi connectivity index (χ0v) is 13.8. The molecule has 3 rings (SSSR count). The van der Waals surface area contributed by atoms with Crippen molar-refractivity contribution < 1.29 is 9.69 Å². The molecule has 120 valence electrons. The maximum atomic E-state index is 12.0. The Morgan fingerprint density at radius 2 is 1.83 bits per heavy atom. The third-order valence-corrected chi connectivity index (χ3v) is 4.75. The van der Waals surface area contributed by atoms with Crippen LogP contribution in [-0.4, -0.2) is 34.7 Å². The van der Waals surface area contributed by atoms with Gasteiger partial charge in [0.15, 0.2) is 5.16 Å². The Bertz CT molecular complexity index is 627. The van der Waals surface area contributed by atoms with Crippen LogP contribution in [0.5, 0.6) is 0 Å². The molecule has 1 aliphatic heterocycles. The van der Waals surface area contributed by atoms with Crippen molar-refractivity contribution in [3.63, 3.8) is 0 Å². The molecule has 0 unspecified atom stereocenters. The molecule has 0 spiro atoms. The summed E-state index contributed by atoms with van der Waals surface area (Å²) in [5.41, 5.74) is 2.16. The highest BCUT2D eigenvalue weighted by atomic mass is 32.2. The Labute approximate surface area is 140 Å². The van der Waals surface area contributed by atoms with Crippen molar-refractivity contribution in [1.82, 2.24) is 9.97 Å². The first-order valence-corrected chi connectivity index (χ1v) is 8.90. The number of rotatable bonds is 6. The van der Waals surface area contributed by atoms with Gasteiger partial charge in [0.05, 0.1) is 18.8 Å². The van der Waals surface area contributed by atoms with E-state index in [1.54, 1.807) is 23.4 Å². The van der Waals surface area contributed by atoms with Crippen molar-refractivity contribution in [2.45, 2.75) is 24.5 Å². The van der Waals surface area contributed by atoms with Crippen LogP contribution in [0.15, 0.2) is 47.9 Å². The molecule has 0 aliphatic carbocycles. The summed E-state index contributed by atoms with van der Waals surface area (Å²) in [5.74, 6) is 0.268. The van der Waals surface area contributed by atoms with Crippen LogP contribution in [0.1, 0.15) is 18.4 Å². The number of aromatic nitrogens is 2. The van der Waals surface area contributed by atoms with Gasteiger partial charge >= 0.3 is 0 Å². The number of carbonyl (C=O) groups excluding carboxylic acids is 1. The van der Waals surface area contributed by atoms with E-state index in [1.807, 2.05) is 12.1 Å². The lowest BCUT2D eigenvalue weighted by atomic mass is 10.2. The van der Waals surface area contributed by atoms with E-state index in [9.17, 15) is 4.79 Å². The van der Waals surface area contributed by atoms with Gasteiger partial charge in [-0.05, 0) is 18.2 Å². The first-order chi connectivity index (χ1) is 11.3. The first kappa shape index (κ1) is 16.0. The SMILES string of the molecule is O=C(CSc1ncccn1)Nc1ccc(C[NH+]2CCCC2)cc1. The highest BCUT2D eigenvalue weighted by Gasteiger charge is 2.15. The second-order valence-electron chi connectivity index (χ2n) is 5.70. The van der Waals surface area contributed by atoms with Gasteiger partial charge in [0.1, 0.15) is 6.54 Å². The van der Waals surface area contributed by atoms with E-state index in [0.717, 1.165) is 12.2 Å². The Hall–Kier alpha value is -1.92. The van der Waals surface area contributed by atoms with Gasteiger partial charge in [-0.25, -0.2) is 9.97 Å². The number of hydrogen-bond donors (Lipinski definition) is 2. The molecular weight excluding hydrogens is 308 g/mol. The van der Waals surface area contributed by atoms with Crippen LogP contribution in [0, 0.1) is 0 Å². The summed E-state index contributed by atoms with van der Waals surface area (Å²) < 4.78 is 0. The van der Waals surface area contributed by atoms with Gasteiger partial charge < -0.3 is 10.2 Å². The van der Waals surface area contributed by atoms with E-state index < -0.39 is 0 Å². The average Bonchev–Trinajstić information content (AvgIpc) is 3.09. The summed E-state index contributed by atoms with van der Waals surface area (Å²) in [6, 6.07) is 9.93. The molecule has 1 aromatic heterocycles. The third kappa shape index (κ3) is 5.04. The number of anilines is 1. The summed E-state index contributed by atoms with van der Waals surface area (Å²) >= 11 is 1.33. The monoisotopic (exact) mass is 329 g/mol. The van der Waals surface area contributed by atoms with Crippen molar-refractivity contribution in [3.05, 3.63) is 48.3 Å². The fourth-order valence-corrected chi connectivity index (χ4v) is 3.34. The van der Waals surface area contributed by atoms with Gasteiger partial charge in [-0.2, -0.15) is 0 Å². The number of carbonyl (C=O) groups is 1. The fourth-order valence-electron chi connectivity index (χ4n) is 2.73. The van der Waals surface area contributed by atoms with Crippen molar-refractivity contribution in [3.8, 4) is 0 Å². The first-order valence-electron chi connectivity index (χ1n) is 7.92. The molecule has 1 saturated heterocycles. The number of nitrogens with one attached hydrogen (secondary N) is 2. The summed E-state index contributed by atoms with van der Waals surface area (Å²) in [5, 5.41) is 3.53. The minimum atomic E-state index is -0.0413. The lowest BCUT2D eigenvalue weighted by molar-refractivity contribution is -0.901. The van der Waals surface area contributed by atoms with E-state index in [1.165, 1.54) is 43.3 Å². The summed E-state index contributed by atoms with van der Waals surface area (Å²) in [6.45, 7) is 3.63. The Kier molecular flexibility index (Phi) is 5.60. The van der Waals surface area contributed by atoms with E-state index in [2.05, 4.69) is 27.4 Å². The zero-order valence-electron chi connectivity index (χ0n) is 13.0. The van der Waals surface area contributed by atoms with E-state index >= 15 is 0 Å². The smallest absolute Gasteiger partial charge is 0.234 e. The van der Waals surface area contributed by atoms with Crippen LogP contribution in [0.4, 0.5) is 5.69 Å². The van der Waals surface area contributed by atoms with E-state index in [-0.39, 0.29) is 5.91 Å². The predicted molar refractivity (Wildman–Crippen MR) is 91.5 cm³/mol. The molecule has 1 aliphatic rings. The van der Waals surface area contributed by atoms with Crippen LogP contribution in [0.2, 0.25) is 0 Å². The molecule has 0 bridgehead atoms. The molecule has 23 heavy (non-hydrogen) atoms.